The van der Waals surface area contributed by atoms with Crippen LogP contribution in [0.5, 0.6) is 0 Å². The Bertz CT molecular complexity index is 933. The number of pyridine rings is 1. The summed E-state index contributed by atoms with van der Waals surface area (Å²) in [5.74, 6) is 0.541. The van der Waals surface area contributed by atoms with E-state index in [0.717, 1.165) is 49.5 Å². The van der Waals surface area contributed by atoms with Crippen LogP contribution in [0.1, 0.15) is 24.8 Å². The molecule has 0 bridgehead atoms. The standard InChI is InChI=1S/C23H27FN4O2S/c24-20-4-2-1-3-18(20)16-26-10-7-23(8-11-26)9-12-27(17-23)31-19-5-6-21(25-15-19)28-13-14-30-22(28)29/h1-6,15H,7-14,16-17H2. The number of rotatable bonds is 5. The first-order valence-electron chi connectivity index (χ1n) is 10.9. The average Bonchev–Trinajstić information content (AvgIpc) is 3.38. The highest BCUT2D eigenvalue weighted by Gasteiger charge is 2.41. The number of ether oxygens (including phenoxy) is 1. The van der Waals surface area contributed by atoms with Crippen molar-refractivity contribution in [2.75, 3.05) is 44.2 Å². The number of hydrogen-bond donors (Lipinski definition) is 0. The van der Waals surface area contributed by atoms with Gasteiger partial charge in [0.25, 0.3) is 0 Å². The molecule has 0 atom stereocenters. The van der Waals surface area contributed by atoms with Gasteiger partial charge in [-0.25, -0.2) is 18.5 Å². The van der Waals surface area contributed by atoms with Crippen LogP contribution in [0.2, 0.25) is 0 Å². The van der Waals surface area contributed by atoms with Crippen LogP contribution in [-0.4, -0.2) is 59.6 Å². The van der Waals surface area contributed by atoms with Crippen molar-refractivity contribution in [1.29, 1.82) is 0 Å². The van der Waals surface area contributed by atoms with Gasteiger partial charge in [0.2, 0.25) is 0 Å². The molecule has 5 rings (SSSR count). The minimum absolute atomic E-state index is 0.104. The highest BCUT2D eigenvalue weighted by molar-refractivity contribution is 7.97. The average molecular weight is 443 g/mol. The third-order valence-corrected chi connectivity index (χ3v) is 7.69. The van der Waals surface area contributed by atoms with Gasteiger partial charge in [-0.1, -0.05) is 18.2 Å². The molecule has 3 saturated heterocycles. The lowest BCUT2D eigenvalue weighted by atomic mass is 9.78. The molecule has 0 saturated carbocycles. The first-order valence-corrected chi connectivity index (χ1v) is 11.7. The van der Waals surface area contributed by atoms with Crippen molar-refractivity contribution in [2.24, 2.45) is 5.41 Å². The molecule has 1 aromatic heterocycles. The SMILES string of the molecule is O=C1OCCN1c1ccc(SN2CCC3(CCN(Cc4ccccc4F)CC3)C2)cn1. The van der Waals surface area contributed by atoms with Crippen molar-refractivity contribution < 1.29 is 13.9 Å². The second kappa shape index (κ2) is 8.76. The lowest BCUT2D eigenvalue weighted by Crippen LogP contribution is -2.40. The van der Waals surface area contributed by atoms with Crippen LogP contribution < -0.4 is 4.90 Å². The molecule has 0 unspecified atom stereocenters. The molecule has 164 valence electrons. The van der Waals surface area contributed by atoms with E-state index in [-0.39, 0.29) is 11.9 Å². The predicted molar refractivity (Wildman–Crippen MR) is 118 cm³/mol. The van der Waals surface area contributed by atoms with Crippen LogP contribution in [0.3, 0.4) is 0 Å². The monoisotopic (exact) mass is 442 g/mol. The number of anilines is 1. The highest BCUT2D eigenvalue weighted by atomic mass is 32.2. The van der Waals surface area contributed by atoms with Crippen LogP contribution in [0.4, 0.5) is 15.0 Å². The molecule has 31 heavy (non-hydrogen) atoms. The summed E-state index contributed by atoms with van der Waals surface area (Å²) in [5, 5.41) is 0. The van der Waals surface area contributed by atoms with Gasteiger partial charge in [0.15, 0.2) is 0 Å². The van der Waals surface area contributed by atoms with Crippen molar-refractivity contribution in [3.8, 4) is 0 Å². The number of amides is 1. The minimum atomic E-state index is -0.323. The van der Waals surface area contributed by atoms with E-state index in [9.17, 15) is 9.18 Å². The molecule has 0 N–H and O–H groups in total. The summed E-state index contributed by atoms with van der Waals surface area (Å²) in [6.07, 6.45) is 5.04. The molecule has 3 aliphatic rings. The Morgan fingerprint density at radius 1 is 1.06 bits per heavy atom. The van der Waals surface area contributed by atoms with Gasteiger partial charge in [-0.2, -0.15) is 0 Å². The molecule has 8 heteroatoms. The third-order valence-electron chi connectivity index (χ3n) is 6.66. The largest absolute Gasteiger partial charge is 0.447 e. The Balaban J connectivity index is 1.13. The van der Waals surface area contributed by atoms with E-state index in [2.05, 4.69) is 14.2 Å². The van der Waals surface area contributed by atoms with E-state index in [4.69, 9.17) is 4.74 Å². The molecule has 4 heterocycles. The number of halogens is 1. The van der Waals surface area contributed by atoms with Crippen molar-refractivity contribution >= 4 is 23.9 Å². The summed E-state index contributed by atoms with van der Waals surface area (Å²) in [7, 11) is 0. The quantitative estimate of drug-likeness (QED) is 0.648. The van der Waals surface area contributed by atoms with Crippen LogP contribution in [0, 0.1) is 11.2 Å². The van der Waals surface area contributed by atoms with Crippen molar-refractivity contribution in [3.63, 3.8) is 0 Å². The molecular formula is C23H27FN4O2S. The van der Waals surface area contributed by atoms with Gasteiger partial charge in [-0.15, -0.1) is 0 Å². The minimum Gasteiger partial charge on any atom is -0.447 e. The zero-order chi connectivity index (χ0) is 21.3. The topological polar surface area (TPSA) is 48.9 Å². The fourth-order valence-corrected chi connectivity index (χ4v) is 5.82. The normalized spacial score (nSPS) is 21.7. The number of benzene rings is 1. The fourth-order valence-electron chi connectivity index (χ4n) is 4.77. The second-order valence-corrected chi connectivity index (χ2v) is 9.86. The van der Waals surface area contributed by atoms with E-state index in [0.29, 0.717) is 30.9 Å². The van der Waals surface area contributed by atoms with E-state index >= 15 is 0 Å². The first-order chi connectivity index (χ1) is 15.1. The van der Waals surface area contributed by atoms with Gasteiger partial charge in [-0.3, -0.25) is 9.80 Å². The molecule has 6 nitrogen and oxygen atoms in total. The van der Waals surface area contributed by atoms with Gasteiger partial charge >= 0.3 is 6.09 Å². The Morgan fingerprint density at radius 3 is 2.58 bits per heavy atom. The molecule has 3 aliphatic heterocycles. The lowest BCUT2D eigenvalue weighted by Gasteiger charge is -2.39. The van der Waals surface area contributed by atoms with E-state index < -0.39 is 0 Å². The van der Waals surface area contributed by atoms with Crippen molar-refractivity contribution in [1.82, 2.24) is 14.2 Å². The molecule has 3 fully saturated rings. The van der Waals surface area contributed by atoms with Crippen molar-refractivity contribution in [3.05, 3.63) is 54.0 Å². The lowest BCUT2D eigenvalue weighted by molar-refractivity contribution is 0.109. The van der Waals surface area contributed by atoms with Gasteiger partial charge < -0.3 is 4.74 Å². The Labute approximate surface area is 186 Å². The van der Waals surface area contributed by atoms with Gasteiger partial charge in [0.05, 0.1) is 6.54 Å². The van der Waals surface area contributed by atoms with Crippen LogP contribution >= 0.6 is 11.9 Å². The Hall–Kier alpha value is -2.16. The summed E-state index contributed by atoms with van der Waals surface area (Å²) >= 11 is 1.75. The van der Waals surface area contributed by atoms with Crippen LogP contribution in [-0.2, 0) is 11.3 Å². The van der Waals surface area contributed by atoms with E-state index in [1.165, 1.54) is 6.42 Å². The zero-order valence-electron chi connectivity index (χ0n) is 17.5. The molecule has 1 amide bonds. The van der Waals surface area contributed by atoms with E-state index in [1.807, 2.05) is 30.5 Å². The smallest absolute Gasteiger partial charge is 0.415 e. The van der Waals surface area contributed by atoms with Gasteiger partial charge in [0, 0.05) is 36.3 Å². The maximum absolute atomic E-state index is 14.0. The number of nitrogens with zero attached hydrogens (tertiary/aromatic N) is 4. The Kier molecular flexibility index (Phi) is 5.86. The number of likely N-dealkylation sites (tertiary alicyclic amines) is 1. The number of cyclic esters (lactones) is 1. The van der Waals surface area contributed by atoms with Gasteiger partial charge in [-0.05, 0) is 67.9 Å². The number of hydrogen-bond acceptors (Lipinski definition) is 6. The number of carbonyl (C=O) groups excluding carboxylic acids is 1. The predicted octanol–water partition coefficient (Wildman–Crippen LogP) is 4.17. The van der Waals surface area contributed by atoms with Crippen molar-refractivity contribution in [2.45, 2.75) is 30.7 Å². The van der Waals surface area contributed by atoms with E-state index in [1.54, 1.807) is 29.0 Å². The maximum Gasteiger partial charge on any atom is 0.415 e. The summed E-state index contributed by atoms with van der Waals surface area (Å²) in [4.78, 5) is 21.2. The Morgan fingerprint density at radius 2 is 1.87 bits per heavy atom. The summed E-state index contributed by atoms with van der Waals surface area (Å²) < 4.78 is 21.4. The second-order valence-electron chi connectivity index (χ2n) is 8.69. The molecule has 1 spiro atoms. The molecule has 0 radical (unpaired) electrons. The number of piperidine rings is 1. The maximum atomic E-state index is 14.0. The zero-order valence-corrected chi connectivity index (χ0v) is 18.3. The van der Waals surface area contributed by atoms with Crippen LogP contribution in [0.25, 0.3) is 0 Å². The molecule has 1 aromatic carbocycles. The third kappa shape index (κ3) is 4.56. The molecule has 2 aromatic rings. The number of aromatic nitrogens is 1. The first kappa shape index (κ1) is 20.7. The van der Waals surface area contributed by atoms with Crippen LogP contribution in [0.15, 0.2) is 47.5 Å². The summed E-state index contributed by atoms with van der Waals surface area (Å²) in [6.45, 7) is 5.86. The van der Waals surface area contributed by atoms with Gasteiger partial charge in [0.1, 0.15) is 18.2 Å². The summed E-state index contributed by atoms with van der Waals surface area (Å²) in [5.41, 5.74) is 1.16. The highest BCUT2D eigenvalue weighted by Crippen LogP contribution is 2.44. The summed E-state index contributed by atoms with van der Waals surface area (Å²) in [6, 6.07) is 11.0. The number of carbonyl (C=O) groups is 1. The molecule has 0 aliphatic carbocycles. The molecular weight excluding hydrogens is 415 g/mol. The fraction of sp³-hybridized carbons (Fsp3) is 0.478.